The van der Waals surface area contributed by atoms with Crippen molar-refractivity contribution in [1.82, 2.24) is 20.2 Å². The standard InChI is InChI=1S/C24H27ClFN5O3/c1-32-21-11-19-16(24(29-14-28-19)30-15-3-4-18(26)17(25)9-15)10-22(21)33-7-2-6-31-12-20-23(13-31)34-8-5-27-20/h3-4,9-11,14,20,23,27H,2,5-8,12-13H2,1H3,(H,28,29,30). The first-order chi connectivity index (χ1) is 16.6. The molecule has 0 aliphatic carbocycles. The summed E-state index contributed by atoms with van der Waals surface area (Å²) in [5.41, 5.74) is 1.32. The molecule has 2 aromatic carbocycles. The number of halogens is 2. The smallest absolute Gasteiger partial charge is 0.162 e. The minimum atomic E-state index is -0.475. The number of benzene rings is 2. The third kappa shape index (κ3) is 5.02. The molecule has 2 atom stereocenters. The van der Waals surface area contributed by atoms with Gasteiger partial charge in [-0.05, 0) is 30.7 Å². The maximum absolute atomic E-state index is 13.5. The highest BCUT2D eigenvalue weighted by Gasteiger charge is 2.34. The predicted octanol–water partition coefficient (Wildman–Crippen LogP) is 3.62. The lowest BCUT2D eigenvalue weighted by Crippen LogP contribution is -2.47. The predicted molar refractivity (Wildman–Crippen MR) is 129 cm³/mol. The van der Waals surface area contributed by atoms with Crippen molar-refractivity contribution in [2.24, 2.45) is 0 Å². The monoisotopic (exact) mass is 487 g/mol. The molecule has 2 saturated heterocycles. The summed E-state index contributed by atoms with van der Waals surface area (Å²) in [7, 11) is 1.61. The van der Waals surface area contributed by atoms with Gasteiger partial charge in [-0.1, -0.05) is 11.6 Å². The molecule has 2 fully saturated rings. The van der Waals surface area contributed by atoms with Crippen molar-refractivity contribution in [2.75, 3.05) is 51.8 Å². The number of hydrogen-bond acceptors (Lipinski definition) is 8. The molecule has 0 bridgehead atoms. The Morgan fingerprint density at radius 1 is 1.24 bits per heavy atom. The van der Waals surface area contributed by atoms with Crippen LogP contribution in [0.4, 0.5) is 15.9 Å². The Labute approximate surface area is 202 Å². The Morgan fingerprint density at radius 2 is 2.15 bits per heavy atom. The average Bonchev–Trinajstić information content (AvgIpc) is 3.27. The van der Waals surface area contributed by atoms with E-state index in [4.69, 9.17) is 25.8 Å². The molecule has 0 radical (unpaired) electrons. The van der Waals surface area contributed by atoms with Crippen molar-refractivity contribution in [1.29, 1.82) is 0 Å². The lowest BCUT2D eigenvalue weighted by atomic mass is 10.2. The number of morpholine rings is 1. The van der Waals surface area contributed by atoms with E-state index in [0.717, 1.165) is 44.6 Å². The molecule has 10 heteroatoms. The number of anilines is 2. The third-order valence-corrected chi connectivity index (χ3v) is 6.45. The number of fused-ring (bicyclic) bond motifs is 2. The van der Waals surface area contributed by atoms with Gasteiger partial charge in [0.2, 0.25) is 0 Å². The molecule has 1 aromatic heterocycles. The minimum absolute atomic E-state index is 0.0358. The van der Waals surface area contributed by atoms with Crippen molar-refractivity contribution in [3.8, 4) is 11.5 Å². The Balaban J connectivity index is 1.27. The molecule has 5 rings (SSSR count). The summed E-state index contributed by atoms with van der Waals surface area (Å²) in [6.45, 7) is 5.16. The maximum Gasteiger partial charge on any atom is 0.162 e. The zero-order chi connectivity index (χ0) is 23.5. The van der Waals surface area contributed by atoms with Gasteiger partial charge in [0, 0.05) is 49.4 Å². The molecule has 0 amide bonds. The number of nitrogens with one attached hydrogen (secondary N) is 2. The molecular weight excluding hydrogens is 461 g/mol. The summed E-state index contributed by atoms with van der Waals surface area (Å²) in [5.74, 6) is 1.31. The molecule has 3 heterocycles. The zero-order valence-electron chi connectivity index (χ0n) is 18.9. The Morgan fingerprint density at radius 3 is 2.97 bits per heavy atom. The summed E-state index contributed by atoms with van der Waals surface area (Å²) in [6.07, 6.45) is 2.63. The maximum atomic E-state index is 13.5. The van der Waals surface area contributed by atoms with Gasteiger partial charge in [0.1, 0.15) is 18.0 Å². The molecule has 2 aliphatic heterocycles. The fourth-order valence-electron chi connectivity index (χ4n) is 4.47. The van der Waals surface area contributed by atoms with E-state index in [1.54, 1.807) is 13.2 Å². The molecule has 2 unspecified atom stereocenters. The summed E-state index contributed by atoms with van der Waals surface area (Å²) in [4.78, 5) is 11.1. The van der Waals surface area contributed by atoms with Crippen LogP contribution in [0.3, 0.4) is 0 Å². The molecule has 180 valence electrons. The van der Waals surface area contributed by atoms with E-state index in [-0.39, 0.29) is 11.1 Å². The number of methoxy groups -OCH3 is 1. The fraction of sp³-hybridized carbons (Fsp3) is 0.417. The fourth-order valence-corrected chi connectivity index (χ4v) is 4.65. The number of aromatic nitrogens is 2. The van der Waals surface area contributed by atoms with Crippen molar-refractivity contribution in [3.05, 3.63) is 47.5 Å². The first-order valence-electron chi connectivity index (χ1n) is 11.4. The molecule has 0 saturated carbocycles. The molecule has 2 aliphatic rings. The molecule has 0 spiro atoms. The van der Waals surface area contributed by atoms with Gasteiger partial charge in [-0.3, -0.25) is 4.90 Å². The van der Waals surface area contributed by atoms with Gasteiger partial charge < -0.3 is 24.8 Å². The van der Waals surface area contributed by atoms with Gasteiger partial charge in [0.15, 0.2) is 11.5 Å². The van der Waals surface area contributed by atoms with Gasteiger partial charge in [-0.2, -0.15) is 0 Å². The highest BCUT2D eigenvalue weighted by Crippen LogP contribution is 2.35. The van der Waals surface area contributed by atoms with Crippen LogP contribution in [0.5, 0.6) is 11.5 Å². The summed E-state index contributed by atoms with van der Waals surface area (Å²) in [5, 5.41) is 7.51. The van der Waals surface area contributed by atoms with Crippen LogP contribution in [-0.4, -0.2) is 73.5 Å². The van der Waals surface area contributed by atoms with Crippen LogP contribution in [0.15, 0.2) is 36.7 Å². The van der Waals surface area contributed by atoms with Crippen molar-refractivity contribution in [3.63, 3.8) is 0 Å². The highest BCUT2D eigenvalue weighted by atomic mass is 35.5. The van der Waals surface area contributed by atoms with Crippen molar-refractivity contribution in [2.45, 2.75) is 18.6 Å². The zero-order valence-corrected chi connectivity index (χ0v) is 19.6. The summed E-state index contributed by atoms with van der Waals surface area (Å²) in [6, 6.07) is 8.54. The van der Waals surface area contributed by atoms with Crippen LogP contribution in [-0.2, 0) is 4.74 Å². The van der Waals surface area contributed by atoms with Crippen molar-refractivity contribution >= 4 is 34.0 Å². The van der Waals surface area contributed by atoms with Crippen LogP contribution in [0.1, 0.15) is 6.42 Å². The number of nitrogens with zero attached hydrogens (tertiary/aromatic N) is 3. The summed E-state index contributed by atoms with van der Waals surface area (Å²) >= 11 is 5.92. The first-order valence-corrected chi connectivity index (χ1v) is 11.7. The lowest BCUT2D eigenvalue weighted by Gasteiger charge is -2.25. The lowest BCUT2D eigenvalue weighted by molar-refractivity contribution is 0.0176. The largest absolute Gasteiger partial charge is 0.493 e. The first kappa shape index (κ1) is 23.0. The van der Waals surface area contributed by atoms with Crippen LogP contribution < -0.4 is 20.1 Å². The third-order valence-electron chi connectivity index (χ3n) is 6.16. The number of ether oxygens (including phenoxy) is 3. The van der Waals surface area contributed by atoms with Crippen LogP contribution in [0.25, 0.3) is 10.9 Å². The number of rotatable bonds is 8. The minimum Gasteiger partial charge on any atom is -0.493 e. The molecular formula is C24H27ClFN5O3. The van der Waals surface area contributed by atoms with Crippen molar-refractivity contribution < 1.29 is 18.6 Å². The number of hydrogen-bond donors (Lipinski definition) is 2. The Hall–Kier alpha value is -2.72. The normalized spacial score (nSPS) is 20.3. The van der Waals surface area contributed by atoms with Gasteiger partial charge in [0.05, 0.1) is 37.0 Å². The van der Waals surface area contributed by atoms with E-state index in [2.05, 4.69) is 25.5 Å². The quantitative estimate of drug-likeness (QED) is 0.466. The van der Waals surface area contributed by atoms with Gasteiger partial charge >= 0.3 is 0 Å². The van der Waals surface area contributed by atoms with E-state index in [1.807, 2.05) is 12.1 Å². The highest BCUT2D eigenvalue weighted by molar-refractivity contribution is 6.31. The SMILES string of the molecule is COc1cc2ncnc(Nc3ccc(F)c(Cl)c3)c2cc1OCCCN1CC2NCCOC2C1. The van der Waals surface area contributed by atoms with E-state index in [1.165, 1.54) is 18.5 Å². The summed E-state index contributed by atoms with van der Waals surface area (Å²) < 4.78 is 31.0. The van der Waals surface area contributed by atoms with Gasteiger partial charge in [0.25, 0.3) is 0 Å². The topological polar surface area (TPSA) is 80.8 Å². The molecule has 34 heavy (non-hydrogen) atoms. The van der Waals surface area contributed by atoms with Crippen LogP contribution in [0, 0.1) is 5.82 Å². The van der Waals surface area contributed by atoms with Gasteiger partial charge in [-0.15, -0.1) is 0 Å². The second-order valence-electron chi connectivity index (χ2n) is 8.43. The Bertz CT molecular complexity index is 1150. The van der Waals surface area contributed by atoms with E-state index in [0.29, 0.717) is 41.2 Å². The van der Waals surface area contributed by atoms with E-state index < -0.39 is 5.82 Å². The van der Waals surface area contributed by atoms with Crippen LogP contribution >= 0.6 is 11.6 Å². The van der Waals surface area contributed by atoms with Gasteiger partial charge in [-0.25, -0.2) is 14.4 Å². The van der Waals surface area contributed by atoms with Crippen LogP contribution in [0.2, 0.25) is 5.02 Å². The molecule has 3 aromatic rings. The average molecular weight is 488 g/mol. The Kier molecular flexibility index (Phi) is 6.96. The second-order valence-corrected chi connectivity index (χ2v) is 8.84. The van der Waals surface area contributed by atoms with E-state index >= 15 is 0 Å². The number of likely N-dealkylation sites (tertiary alicyclic amines) is 1. The molecule has 2 N–H and O–H groups in total. The second kappa shape index (κ2) is 10.3. The van der Waals surface area contributed by atoms with E-state index in [9.17, 15) is 4.39 Å². The molecule has 8 nitrogen and oxygen atoms in total.